The van der Waals surface area contributed by atoms with Crippen LogP contribution in [0.25, 0.3) is 0 Å². The minimum atomic E-state index is -1.02. The molecule has 0 radical (unpaired) electrons. The summed E-state index contributed by atoms with van der Waals surface area (Å²) in [6.07, 6.45) is -1.02. The van der Waals surface area contributed by atoms with E-state index >= 15 is 0 Å². The van der Waals surface area contributed by atoms with E-state index in [0.717, 1.165) is 17.7 Å². The van der Waals surface area contributed by atoms with Gasteiger partial charge >= 0.3 is 5.97 Å². The van der Waals surface area contributed by atoms with E-state index in [1.54, 1.807) is 19.2 Å². The SMILES string of the molecule is COc1ccc(CNC(=O)[C@H](C)OC(=O)c2ccc(F)cc2Cl)cc1. The number of ether oxygens (including phenoxy) is 2. The molecule has 0 fully saturated rings. The van der Waals surface area contributed by atoms with Crippen molar-refractivity contribution >= 4 is 23.5 Å². The standard InChI is InChI=1S/C18H17ClFNO4/c1-11(25-18(23)15-8-5-13(20)9-16(15)19)17(22)21-10-12-3-6-14(24-2)7-4-12/h3-9,11H,10H2,1-2H3,(H,21,22)/t11-/m0/s1. The lowest BCUT2D eigenvalue weighted by atomic mass is 10.2. The Labute approximate surface area is 149 Å². The number of esters is 1. The summed E-state index contributed by atoms with van der Waals surface area (Å²) < 4.78 is 23.1. The molecule has 0 aliphatic carbocycles. The largest absolute Gasteiger partial charge is 0.497 e. The number of hydrogen-bond donors (Lipinski definition) is 1. The van der Waals surface area contributed by atoms with Gasteiger partial charge in [0.2, 0.25) is 0 Å². The zero-order valence-corrected chi connectivity index (χ0v) is 14.5. The Kier molecular flexibility index (Phi) is 6.36. The second-order valence-electron chi connectivity index (χ2n) is 5.24. The monoisotopic (exact) mass is 365 g/mol. The van der Waals surface area contributed by atoms with Crippen molar-refractivity contribution in [3.63, 3.8) is 0 Å². The minimum Gasteiger partial charge on any atom is -0.497 e. The Balaban J connectivity index is 1.89. The van der Waals surface area contributed by atoms with E-state index in [0.29, 0.717) is 5.75 Å². The summed E-state index contributed by atoms with van der Waals surface area (Å²) in [7, 11) is 1.57. The first-order valence-electron chi connectivity index (χ1n) is 7.47. The molecule has 5 nitrogen and oxygen atoms in total. The molecule has 0 spiro atoms. The van der Waals surface area contributed by atoms with E-state index in [1.807, 2.05) is 12.1 Å². The van der Waals surface area contributed by atoms with Crippen LogP contribution in [0.3, 0.4) is 0 Å². The molecule has 7 heteroatoms. The van der Waals surface area contributed by atoms with E-state index in [2.05, 4.69) is 5.32 Å². The van der Waals surface area contributed by atoms with Crippen molar-refractivity contribution in [3.05, 3.63) is 64.4 Å². The molecule has 1 atom stereocenters. The van der Waals surface area contributed by atoms with Crippen molar-refractivity contribution in [2.75, 3.05) is 7.11 Å². The summed E-state index contributed by atoms with van der Waals surface area (Å²) in [4.78, 5) is 24.1. The molecular formula is C18H17ClFNO4. The maximum Gasteiger partial charge on any atom is 0.340 e. The fourth-order valence-electron chi connectivity index (χ4n) is 2.01. The van der Waals surface area contributed by atoms with Crippen LogP contribution in [0, 0.1) is 5.82 Å². The highest BCUT2D eigenvalue weighted by molar-refractivity contribution is 6.33. The van der Waals surface area contributed by atoms with E-state index in [1.165, 1.54) is 13.0 Å². The van der Waals surface area contributed by atoms with Gasteiger partial charge < -0.3 is 14.8 Å². The predicted octanol–water partition coefficient (Wildman–Crippen LogP) is 3.35. The summed E-state index contributed by atoms with van der Waals surface area (Å²) in [6.45, 7) is 1.72. The number of hydrogen-bond acceptors (Lipinski definition) is 4. The molecule has 25 heavy (non-hydrogen) atoms. The molecule has 0 aliphatic rings. The number of nitrogens with one attached hydrogen (secondary N) is 1. The number of halogens is 2. The van der Waals surface area contributed by atoms with Crippen LogP contribution >= 0.6 is 11.6 Å². The number of benzene rings is 2. The second-order valence-corrected chi connectivity index (χ2v) is 5.64. The fourth-order valence-corrected chi connectivity index (χ4v) is 2.25. The Morgan fingerprint density at radius 3 is 2.48 bits per heavy atom. The molecule has 0 aliphatic heterocycles. The molecule has 1 N–H and O–H groups in total. The van der Waals surface area contributed by atoms with Crippen LogP contribution < -0.4 is 10.1 Å². The van der Waals surface area contributed by atoms with Gasteiger partial charge in [0.1, 0.15) is 11.6 Å². The molecule has 132 valence electrons. The van der Waals surface area contributed by atoms with Crippen LogP contribution in [-0.2, 0) is 16.1 Å². The van der Waals surface area contributed by atoms with Gasteiger partial charge in [0.05, 0.1) is 17.7 Å². The first-order chi connectivity index (χ1) is 11.9. The molecule has 0 saturated heterocycles. The van der Waals surface area contributed by atoms with E-state index < -0.39 is 23.8 Å². The van der Waals surface area contributed by atoms with Gasteiger partial charge in [-0.3, -0.25) is 4.79 Å². The number of carbonyl (C=O) groups is 2. The average molecular weight is 366 g/mol. The first-order valence-corrected chi connectivity index (χ1v) is 7.85. The van der Waals surface area contributed by atoms with Gasteiger partial charge in [-0.25, -0.2) is 9.18 Å². The summed E-state index contributed by atoms with van der Waals surface area (Å²) in [6, 6.07) is 10.5. The summed E-state index contributed by atoms with van der Waals surface area (Å²) in [5.74, 6) is -1.10. The highest BCUT2D eigenvalue weighted by Gasteiger charge is 2.20. The first kappa shape index (κ1) is 18.7. The minimum absolute atomic E-state index is 0.00197. The molecule has 0 heterocycles. The number of amides is 1. The number of carbonyl (C=O) groups excluding carboxylic acids is 2. The number of rotatable bonds is 6. The topological polar surface area (TPSA) is 64.6 Å². The maximum atomic E-state index is 13.0. The van der Waals surface area contributed by atoms with Gasteiger partial charge in [0.15, 0.2) is 6.10 Å². The Morgan fingerprint density at radius 2 is 1.88 bits per heavy atom. The normalized spacial score (nSPS) is 11.5. The van der Waals surface area contributed by atoms with Crippen molar-refractivity contribution in [1.82, 2.24) is 5.32 Å². The molecule has 1 amide bonds. The lowest BCUT2D eigenvalue weighted by Gasteiger charge is -2.14. The third-order valence-electron chi connectivity index (χ3n) is 3.43. The molecule has 2 aromatic rings. The van der Waals surface area contributed by atoms with E-state index in [-0.39, 0.29) is 17.1 Å². The summed E-state index contributed by atoms with van der Waals surface area (Å²) in [5.41, 5.74) is 0.868. The van der Waals surface area contributed by atoms with Gasteiger partial charge in [0, 0.05) is 6.54 Å². The van der Waals surface area contributed by atoms with Crippen LogP contribution in [0.15, 0.2) is 42.5 Å². The molecule has 0 bridgehead atoms. The zero-order valence-electron chi connectivity index (χ0n) is 13.7. The van der Waals surface area contributed by atoms with Crippen molar-refractivity contribution < 1.29 is 23.5 Å². The van der Waals surface area contributed by atoms with Crippen molar-refractivity contribution in [3.8, 4) is 5.75 Å². The van der Waals surface area contributed by atoms with Gasteiger partial charge in [-0.1, -0.05) is 23.7 Å². The summed E-state index contributed by atoms with van der Waals surface area (Å²) in [5, 5.41) is 2.59. The highest BCUT2D eigenvalue weighted by Crippen LogP contribution is 2.18. The van der Waals surface area contributed by atoms with E-state index in [4.69, 9.17) is 21.1 Å². The van der Waals surface area contributed by atoms with Crippen LogP contribution in [0.2, 0.25) is 5.02 Å². The van der Waals surface area contributed by atoms with Crippen LogP contribution in [0.1, 0.15) is 22.8 Å². The van der Waals surface area contributed by atoms with Crippen molar-refractivity contribution in [2.24, 2.45) is 0 Å². The molecule has 2 aromatic carbocycles. The lowest BCUT2D eigenvalue weighted by Crippen LogP contribution is -2.35. The van der Waals surface area contributed by atoms with Crippen LogP contribution in [-0.4, -0.2) is 25.1 Å². The predicted molar refractivity (Wildman–Crippen MR) is 91.1 cm³/mol. The molecule has 0 aromatic heterocycles. The third-order valence-corrected chi connectivity index (χ3v) is 3.74. The Morgan fingerprint density at radius 1 is 1.20 bits per heavy atom. The third kappa shape index (κ3) is 5.19. The van der Waals surface area contributed by atoms with Crippen molar-refractivity contribution in [1.29, 1.82) is 0 Å². The molecule has 0 unspecified atom stereocenters. The Hall–Kier alpha value is -2.60. The Bertz CT molecular complexity index is 764. The number of methoxy groups -OCH3 is 1. The molecular weight excluding hydrogens is 349 g/mol. The fraction of sp³-hybridized carbons (Fsp3) is 0.222. The van der Waals surface area contributed by atoms with Crippen molar-refractivity contribution in [2.45, 2.75) is 19.6 Å². The lowest BCUT2D eigenvalue weighted by molar-refractivity contribution is -0.129. The second kappa shape index (κ2) is 8.48. The maximum absolute atomic E-state index is 13.0. The smallest absolute Gasteiger partial charge is 0.340 e. The van der Waals surface area contributed by atoms with Crippen LogP contribution in [0.4, 0.5) is 4.39 Å². The van der Waals surface area contributed by atoms with E-state index in [9.17, 15) is 14.0 Å². The summed E-state index contributed by atoms with van der Waals surface area (Å²) >= 11 is 5.80. The zero-order chi connectivity index (χ0) is 18.4. The molecule has 2 rings (SSSR count). The van der Waals surface area contributed by atoms with Gasteiger partial charge in [0.25, 0.3) is 5.91 Å². The van der Waals surface area contributed by atoms with Crippen LogP contribution in [0.5, 0.6) is 5.75 Å². The molecule has 0 saturated carbocycles. The quantitative estimate of drug-likeness (QED) is 0.797. The van der Waals surface area contributed by atoms with Gasteiger partial charge in [-0.05, 0) is 42.8 Å². The van der Waals surface area contributed by atoms with Gasteiger partial charge in [-0.2, -0.15) is 0 Å². The average Bonchev–Trinajstić information content (AvgIpc) is 2.59. The highest BCUT2D eigenvalue weighted by atomic mass is 35.5. The van der Waals surface area contributed by atoms with Gasteiger partial charge in [-0.15, -0.1) is 0 Å².